The number of aromatic nitrogens is 2. The number of imide groups is 1. The zero-order chi connectivity index (χ0) is 58.8. The van der Waals surface area contributed by atoms with Crippen molar-refractivity contribution in [1.29, 1.82) is 0 Å². The van der Waals surface area contributed by atoms with E-state index in [0.717, 1.165) is 28.7 Å². The molecule has 436 valence electrons. The van der Waals surface area contributed by atoms with Crippen LogP contribution in [-0.2, 0) is 49.6 Å². The highest BCUT2D eigenvalue weighted by molar-refractivity contribution is 6.12. The molecule has 3 heterocycles. The third-order valence-electron chi connectivity index (χ3n) is 13.8. The molecule has 24 heteroatoms. The second-order valence-corrected chi connectivity index (χ2v) is 21.6. The quantitative estimate of drug-likeness (QED) is 0.0326. The number of likely N-dealkylation sites (tertiary alicyclic amines) is 1. The molecular formula is C56H76F3N11O10. The van der Waals surface area contributed by atoms with Crippen molar-refractivity contribution in [3.8, 4) is 11.3 Å². The number of rotatable bonds is 29. The number of ether oxygens (including phenoxy) is 1. The van der Waals surface area contributed by atoms with Crippen molar-refractivity contribution in [1.82, 2.24) is 45.5 Å². The van der Waals surface area contributed by atoms with E-state index in [9.17, 15) is 51.9 Å². The van der Waals surface area contributed by atoms with Crippen LogP contribution in [0.15, 0.2) is 66.9 Å². The smallest absolute Gasteiger partial charge is 0.329 e. The number of imidazole rings is 1. The molecule has 1 aromatic heterocycles. The van der Waals surface area contributed by atoms with Gasteiger partial charge in [-0.15, -0.1) is 0 Å². The number of carbonyl (C=O) groups is 9. The minimum Gasteiger partial charge on any atom is -0.454 e. The highest BCUT2D eigenvalue weighted by atomic mass is 19.1. The van der Waals surface area contributed by atoms with Gasteiger partial charge in [0, 0.05) is 69.1 Å². The fraction of sp³-hybridized carbons (Fsp3) is 0.536. The molecule has 8 N–H and O–H groups in total. The minimum absolute atomic E-state index is 0.0121. The van der Waals surface area contributed by atoms with E-state index in [2.05, 4.69) is 21.3 Å². The number of primary amides is 1. The fourth-order valence-corrected chi connectivity index (χ4v) is 9.58. The first-order valence-corrected chi connectivity index (χ1v) is 27.0. The van der Waals surface area contributed by atoms with Gasteiger partial charge < -0.3 is 51.8 Å². The second-order valence-electron chi connectivity index (χ2n) is 21.6. The van der Waals surface area contributed by atoms with Gasteiger partial charge in [0.2, 0.25) is 23.6 Å². The highest BCUT2D eigenvalue weighted by Crippen LogP contribution is 2.40. The topological polar surface area (TPSA) is 291 Å². The summed E-state index contributed by atoms with van der Waals surface area (Å²) in [6.07, 6.45) is 6.05. The summed E-state index contributed by atoms with van der Waals surface area (Å²) >= 11 is 0. The fourth-order valence-electron chi connectivity index (χ4n) is 9.58. The van der Waals surface area contributed by atoms with Crippen LogP contribution in [-0.4, -0.2) is 147 Å². The zero-order valence-electron chi connectivity index (χ0n) is 46.3. The summed E-state index contributed by atoms with van der Waals surface area (Å²) in [6, 6.07) is 4.74. The van der Waals surface area contributed by atoms with Crippen molar-refractivity contribution in [3.63, 3.8) is 0 Å². The highest BCUT2D eigenvalue weighted by Gasteiger charge is 2.42. The van der Waals surface area contributed by atoms with Gasteiger partial charge in [0.25, 0.3) is 17.7 Å². The Balaban J connectivity index is 1.27. The Hall–Kier alpha value is -7.63. The number of amides is 9. The van der Waals surface area contributed by atoms with E-state index < -0.39 is 126 Å². The first-order chi connectivity index (χ1) is 37.9. The molecule has 5 rings (SSSR count). The predicted octanol–water partition coefficient (Wildman–Crippen LogP) is 4.08. The van der Waals surface area contributed by atoms with Crippen molar-refractivity contribution in [2.75, 3.05) is 39.5 Å². The number of hydrogen-bond donors (Lipinski definition) is 6. The first kappa shape index (κ1) is 63.2. The van der Waals surface area contributed by atoms with Crippen LogP contribution in [0.2, 0.25) is 0 Å². The molecule has 0 saturated carbocycles. The Morgan fingerprint density at radius 2 is 1.59 bits per heavy atom. The number of hydrogen-bond acceptors (Lipinski definition) is 12. The molecule has 0 spiro atoms. The molecular weight excluding hydrogens is 1040 g/mol. The van der Waals surface area contributed by atoms with E-state index in [1.165, 1.54) is 28.9 Å². The minimum atomic E-state index is -1.27. The summed E-state index contributed by atoms with van der Waals surface area (Å²) in [5, 5.41) is 10.4. The molecule has 0 aliphatic carbocycles. The van der Waals surface area contributed by atoms with Crippen LogP contribution in [0.3, 0.4) is 0 Å². The lowest BCUT2D eigenvalue weighted by atomic mass is 9.84. The van der Waals surface area contributed by atoms with Gasteiger partial charge in [-0.2, -0.15) is 0 Å². The maximum absolute atomic E-state index is 15.3. The zero-order valence-corrected chi connectivity index (χ0v) is 46.3. The van der Waals surface area contributed by atoms with Crippen molar-refractivity contribution >= 4 is 53.4 Å². The lowest BCUT2D eigenvalue weighted by Crippen LogP contribution is -2.58. The molecule has 80 heavy (non-hydrogen) atoms. The van der Waals surface area contributed by atoms with E-state index in [1.807, 2.05) is 51.1 Å². The van der Waals surface area contributed by atoms with E-state index in [-0.39, 0.29) is 81.9 Å². The summed E-state index contributed by atoms with van der Waals surface area (Å²) in [5.74, 6) is -6.57. The van der Waals surface area contributed by atoms with Gasteiger partial charge >= 0.3 is 12.0 Å². The third kappa shape index (κ3) is 17.9. The molecule has 2 aromatic carbocycles. The largest absolute Gasteiger partial charge is 0.454 e. The Kier molecular flexibility index (Phi) is 23.3. The number of carbonyl (C=O) groups excluding carboxylic acids is 9. The standard InChI is InChI=1S/C56H76F3N11O10/c1-34(2)48(66-44(71)19-11-8-12-26-69-45(72)22-23-46(69)73)52(76)65-41(17-13-25-62-55(61)79)51(75)63-35(3)53(77)68-27-14-18-43(68)54(78)80-33-47(74)70(28-24-38(60)30-57)49(56(4,5)6)50-64-42(39-29-37(58)20-21-40(39)59)32-67(50)31-36-15-9-7-10-16-36/h7,9-10,15-16,20-23,29,32,34-35,38,41,43,48-49H,8,11-14,17-19,24-28,30-31,33,60H2,1-6H3,(H,63,75)(H,65,76)(H,66,71)(H3,61,62,79)/t35-,38+,41+,43?,48?,49+/m1/s1. The molecule has 2 aliphatic rings. The molecule has 2 aliphatic heterocycles. The maximum atomic E-state index is 15.3. The van der Waals surface area contributed by atoms with Crippen molar-refractivity contribution < 1.29 is 61.1 Å². The van der Waals surface area contributed by atoms with Crippen molar-refractivity contribution in [3.05, 3.63) is 89.9 Å². The molecule has 0 bridgehead atoms. The summed E-state index contributed by atoms with van der Waals surface area (Å²) in [6.45, 7) is 9.02. The van der Waals surface area contributed by atoms with Crippen LogP contribution in [0, 0.1) is 23.0 Å². The van der Waals surface area contributed by atoms with E-state index >= 15 is 4.39 Å². The third-order valence-corrected chi connectivity index (χ3v) is 13.8. The summed E-state index contributed by atoms with van der Waals surface area (Å²) in [4.78, 5) is 127. The predicted molar refractivity (Wildman–Crippen MR) is 289 cm³/mol. The van der Waals surface area contributed by atoms with E-state index in [0.29, 0.717) is 25.7 Å². The number of unbranched alkanes of at least 4 members (excludes halogenated alkanes) is 2. The molecule has 0 radical (unpaired) electrons. The lowest BCUT2D eigenvalue weighted by molar-refractivity contribution is -0.160. The number of nitrogens with zero attached hydrogens (tertiary/aromatic N) is 5. The monoisotopic (exact) mass is 1120 g/mol. The number of nitrogens with one attached hydrogen (secondary N) is 4. The Morgan fingerprint density at radius 3 is 2.24 bits per heavy atom. The van der Waals surface area contributed by atoms with E-state index in [4.69, 9.17) is 21.2 Å². The second kappa shape index (κ2) is 29.5. The first-order valence-electron chi connectivity index (χ1n) is 27.0. The molecule has 1 saturated heterocycles. The Labute approximate surface area is 464 Å². The van der Waals surface area contributed by atoms with Crippen LogP contribution < -0.4 is 32.7 Å². The average Bonchev–Trinajstić information content (AvgIpc) is 4.15. The molecule has 3 aromatic rings. The van der Waals surface area contributed by atoms with Crippen molar-refractivity contribution in [2.24, 2.45) is 22.8 Å². The van der Waals surface area contributed by atoms with Gasteiger partial charge in [0.05, 0.1) is 11.7 Å². The van der Waals surface area contributed by atoms with Crippen LogP contribution >= 0.6 is 0 Å². The Morgan fingerprint density at radius 1 is 0.887 bits per heavy atom. The summed E-state index contributed by atoms with van der Waals surface area (Å²) in [7, 11) is 0. The van der Waals surface area contributed by atoms with Gasteiger partial charge in [-0.05, 0) is 87.0 Å². The average molecular weight is 1120 g/mol. The van der Waals surface area contributed by atoms with Crippen LogP contribution in [0.25, 0.3) is 11.3 Å². The van der Waals surface area contributed by atoms with Gasteiger partial charge in [-0.25, -0.2) is 27.7 Å². The van der Waals surface area contributed by atoms with Gasteiger partial charge in [-0.1, -0.05) is 71.4 Å². The van der Waals surface area contributed by atoms with Crippen LogP contribution in [0.4, 0.5) is 18.0 Å². The lowest BCUT2D eigenvalue weighted by Gasteiger charge is -2.40. The summed E-state index contributed by atoms with van der Waals surface area (Å²) < 4.78 is 51.2. The number of benzene rings is 2. The van der Waals surface area contributed by atoms with Crippen molar-refractivity contribution in [2.45, 2.75) is 142 Å². The Bertz CT molecular complexity index is 2700. The molecule has 1 fully saturated rings. The molecule has 2 unspecified atom stereocenters. The van der Waals surface area contributed by atoms with E-state index in [1.54, 1.807) is 24.6 Å². The number of alkyl halides is 1. The SMILES string of the molecule is CC(C)C(NC(=O)CCCCCN1C(=O)C=CC1=O)C(=O)N[C@@H](CCCNC(N)=O)C(=O)N[C@H](C)C(=O)N1CCCC1C(=O)OCC(=O)N(CC[C@H](N)CF)[C@@H](c1nc(-c2cc(F)ccc2F)cn1Cc1ccccc1)C(C)(C)C. The summed E-state index contributed by atoms with van der Waals surface area (Å²) in [5.41, 5.74) is 11.2. The molecule has 6 atom stereocenters. The number of esters is 1. The van der Waals surface area contributed by atoms with Crippen LogP contribution in [0.1, 0.15) is 117 Å². The van der Waals surface area contributed by atoms with Crippen LogP contribution in [0.5, 0.6) is 0 Å². The normalized spacial score (nSPS) is 16.2. The van der Waals surface area contributed by atoms with Gasteiger partial charge in [0.1, 0.15) is 48.3 Å². The van der Waals surface area contributed by atoms with Gasteiger partial charge in [0.15, 0.2) is 6.61 Å². The maximum Gasteiger partial charge on any atom is 0.329 e. The molecule has 9 amide bonds. The number of urea groups is 1. The number of nitrogens with two attached hydrogens (primary N) is 2. The molecule has 21 nitrogen and oxygen atoms in total. The number of halogens is 3. The van der Waals surface area contributed by atoms with Gasteiger partial charge in [-0.3, -0.25) is 38.5 Å².